The van der Waals surface area contributed by atoms with E-state index in [4.69, 9.17) is 15.6 Å². The highest BCUT2D eigenvalue weighted by Crippen LogP contribution is 2.17. The molecule has 10 heteroatoms. The summed E-state index contributed by atoms with van der Waals surface area (Å²) >= 11 is 0. The van der Waals surface area contributed by atoms with E-state index in [1.54, 1.807) is 0 Å². The van der Waals surface area contributed by atoms with Crippen LogP contribution < -0.4 is 11.1 Å². The predicted molar refractivity (Wildman–Crippen MR) is 84.9 cm³/mol. The quantitative estimate of drug-likeness (QED) is 0.396. The lowest BCUT2D eigenvalue weighted by Gasteiger charge is -2.21. The van der Waals surface area contributed by atoms with E-state index in [1.165, 1.54) is 13.8 Å². The molecular weight excluding hydrogens is 357 g/mol. The number of hydrogen-bond acceptors (Lipinski definition) is 6. The van der Waals surface area contributed by atoms with Gasteiger partial charge >= 0.3 is 11.9 Å². The maximum atomic E-state index is 13.2. The van der Waals surface area contributed by atoms with Gasteiger partial charge in [-0.3, -0.25) is 4.79 Å². The van der Waals surface area contributed by atoms with E-state index in [0.717, 1.165) is 6.20 Å². The third kappa shape index (κ3) is 5.96. The summed E-state index contributed by atoms with van der Waals surface area (Å²) in [6, 6.07) is 0.00701. The predicted octanol–water partition coefficient (Wildman–Crippen LogP) is 1.11. The van der Waals surface area contributed by atoms with Crippen molar-refractivity contribution in [2.24, 2.45) is 5.73 Å². The topological polar surface area (TPSA) is 122 Å². The molecule has 26 heavy (non-hydrogen) atoms. The Morgan fingerprint density at radius 3 is 2.27 bits per heavy atom. The van der Waals surface area contributed by atoms with Crippen LogP contribution in [0.3, 0.4) is 0 Å². The minimum atomic E-state index is -1.65. The van der Waals surface area contributed by atoms with Crippen LogP contribution in [-0.2, 0) is 14.3 Å². The van der Waals surface area contributed by atoms with Gasteiger partial charge in [0.1, 0.15) is 6.10 Å². The third-order valence-corrected chi connectivity index (χ3v) is 3.25. The molecule has 1 rings (SSSR count). The highest BCUT2D eigenvalue weighted by Gasteiger charge is 2.26. The van der Waals surface area contributed by atoms with Crippen molar-refractivity contribution in [3.05, 3.63) is 41.3 Å². The van der Waals surface area contributed by atoms with Crippen molar-refractivity contribution in [1.82, 2.24) is 5.32 Å². The molecule has 5 N–H and O–H groups in total. The van der Waals surface area contributed by atoms with Gasteiger partial charge in [0.2, 0.25) is 0 Å². The molecule has 3 atom stereocenters. The van der Waals surface area contributed by atoms with Gasteiger partial charge in [0, 0.05) is 11.8 Å². The number of rotatable bonds is 8. The number of ether oxygens (including phenoxy) is 1. The smallest absolute Gasteiger partial charge is 0.331 e. The van der Waals surface area contributed by atoms with Gasteiger partial charge in [-0.05, 0) is 26.0 Å². The third-order valence-electron chi connectivity index (χ3n) is 3.25. The van der Waals surface area contributed by atoms with E-state index >= 15 is 0 Å². The van der Waals surface area contributed by atoms with Crippen molar-refractivity contribution in [2.75, 3.05) is 0 Å². The number of aliphatic hydroxyl groups is 1. The molecule has 0 spiro atoms. The van der Waals surface area contributed by atoms with Crippen LogP contribution in [0.1, 0.15) is 25.8 Å². The molecule has 0 fully saturated rings. The zero-order valence-electron chi connectivity index (χ0n) is 14.0. The number of carboxylic acid groups (broad SMARTS) is 1. The molecule has 0 saturated heterocycles. The van der Waals surface area contributed by atoms with Crippen LogP contribution >= 0.6 is 0 Å². The lowest BCUT2D eigenvalue weighted by atomic mass is 10.1. The van der Waals surface area contributed by atoms with Crippen LogP contribution in [0, 0.1) is 17.5 Å². The molecule has 0 bridgehead atoms. The molecule has 0 aliphatic carbocycles. The second-order valence-corrected chi connectivity index (χ2v) is 5.58. The highest BCUT2D eigenvalue weighted by atomic mass is 19.2. The first-order chi connectivity index (χ1) is 12.0. The number of carbonyl (C=O) groups excluding carboxylic acids is 1. The molecule has 1 aromatic carbocycles. The summed E-state index contributed by atoms with van der Waals surface area (Å²) < 4.78 is 44.3. The van der Waals surface area contributed by atoms with Crippen LogP contribution in [0.15, 0.2) is 18.3 Å². The van der Waals surface area contributed by atoms with Crippen molar-refractivity contribution in [3.63, 3.8) is 0 Å². The molecule has 0 amide bonds. The first-order valence-corrected chi connectivity index (χ1v) is 7.49. The fourth-order valence-corrected chi connectivity index (χ4v) is 1.95. The van der Waals surface area contributed by atoms with E-state index in [1.807, 2.05) is 0 Å². The number of benzene rings is 1. The van der Waals surface area contributed by atoms with E-state index < -0.39 is 54.1 Å². The molecule has 0 radical (unpaired) electrons. The first kappa shape index (κ1) is 21.3. The Balaban J connectivity index is 2.88. The zero-order chi connectivity index (χ0) is 20.0. The monoisotopic (exact) mass is 376 g/mol. The summed E-state index contributed by atoms with van der Waals surface area (Å²) in [7, 11) is 0. The summed E-state index contributed by atoms with van der Waals surface area (Å²) in [5, 5.41) is 20.7. The van der Waals surface area contributed by atoms with Crippen LogP contribution in [0.25, 0.3) is 5.70 Å². The van der Waals surface area contributed by atoms with Crippen LogP contribution in [0.2, 0.25) is 0 Å². The van der Waals surface area contributed by atoms with Crippen molar-refractivity contribution < 1.29 is 37.7 Å². The van der Waals surface area contributed by atoms with Gasteiger partial charge in [0.25, 0.3) is 0 Å². The zero-order valence-corrected chi connectivity index (χ0v) is 14.0. The Morgan fingerprint density at radius 2 is 1.81 bits per heavy atom. The van der Waals surface area contributed by atoms with Gasteiger partial charge in [0.05, 0.1) is 18.2 Å². The van der Waals surface area contributed by atoms with Crippen molar-refractivity contribution >= 4 is 17.6 Å². The Kier molecular flexibility index (Phi) is 7.44. The van der Waals surface area contributed by atoms with Crippen molar-refractivity contribution in [2.45, 2.75) is 38.5 Å². The molecule has 3 unspecified atom stereocenters. The summed E-state index contributed by atoms with van der Waals surface area (Å²) in [5.41, 5.74) is 5.20. The molecule has 0 heterocycles. The van der Waals surface area contributed by atoms with E-state index in [0.29, 0.717) is 12.1 Å². The minimum Gasteiger partial charge on any atom is -0.481 e. The second-order valence-electron chi connectivity index (χ2n) is 5.58. The second kappa shape index (κ2) is 9.09. The van der Waals surface area contributed by atoms with Gasteiger partial charge in [-0.2, -0.15) is 0 Å². The standard InChI is InChI=1S/C16H19F3N2O5/c1-7(3-13(23)24)26-16(25)15(8(2)22)21-6-12(20)9-4-10(17)14(19)11(18)5-9/h4-8,15,21-22H,3,20H2,1-2H3,(H,23,24)/b12-6-. The minimum absolute atomic E-state index is 0.189. The number of nitrogens with two attached hydrogens (primary N) is 1. The van der Waals surface area contributed by atoms with Crippen LogP contribution in [0.4, 0.5) is 13.2 Å². The molecule has 0 aromatic heterocycles. The number of carboxylic acids is 1. The summed E-state index contributed by atoms with van der Waals surface area (Å²) in [6.45, 7) is 2.63. The largest absolute Gasteiger partial charge is 0.481 e. The Labute approximate surface area is 147 Å². The summed E-state index contributed by atoms with van der Waals surface area (Å²) in [6.07, 6.45) is -1.63. The van der Waals surface area contributed by atoms with Gasteiger partial charge in [-0.1, -0.05) is 0 Å². The van der Waals surface area contributed by atoms with Gasteiger partial charge in [0.15, 0.2) is 23.5 Å². The van der Waals surface area contributed by atoms with E-state index in [2.05, 4.69) is 5.32 Å². The number of aliphatic hydroxyl groups excluding tert-OH is 1. The molecule has 7 nitrogen and oxygen atoms in total. The molecule has 144 valence electrons. The summed E-state index contributed by atoms with van der Waals surface area (Å²) in [4.78, 5) is 22.6. The average molecular weight is 376 g/mol. The van der Waals surface area contributed by atoms with Gasteiger partial charge in [-0.15, -0.1) is 0 Å². The maximum absolute atomic E-state index is 13.2. The Bertz CT molecular complexity index is 686. The number of hydrogen-bond donors (Lipinski definition) is 4. The SMILES string of the molecule is CC(CC(=O)O)OC(=O)C(N/C=C(\N)c1cc(F)c(F)c(F)c1)C(C)O. The molecule has 1 aromatic rings. The number of esters is 1. The maximum Gasteiger partial charge on any atom is 0.331 e. The summed E-state index contributed by atoms with van der Waals surface area (Å²) in [5.74, 6) is -6.64. The Morgan fingerprint density at radius 1 is 1.27 bits per heavy atom. The molecular formula is C16H19F3N2O5. The fourth-order valence-electron chi connectivity index (χ4n) is 1.95. The number of aliphatic carboxylic acids is 1. The number of carbonyl (C=O) groups is 2. The lowest BCUT2D eigenvalue weighted by molar-refractivity contribution is -0.155. The fraction of sp³-hybridized carbons (Fsp3) is 0.375. The van der Waals surface area contributed by atoms with Crippen molar-refractivity contribution in [3.8, 4) is 0 Å². The van der Waals surface area contributed by atoms with E-state index in [-0.39, 0.29) is 11.3 Å². The van der Waals surface area contributed by atoms with Gasteiger partial charge in [-0.25, -0.2) is 18.0 Å². The number of nitrogens with one attached hydrogen (secondary N) is 1. The van der Waals surface area contributed by atoms with E-state index in [9.17, 15) is 27.9 Å². The molecule has 0 aliphatic heterocycles. The number of halogens is 3. The van der Waals surface area contributed by atoms with Crippen LogP contribution in [0.5, 0.6) is 0 Å². The lowest BCUT2D eigenvalue weighted by Crippen LogP contribution is -2.44. The van der Waals surface area contributed by atoms with Crippen molar-refractivity contribution in [1.29, 1.82) is 0 Å². The highest BCUT2D eigenvalue weighted by molar-refractivity contribution is 5.78. The first-order valence-electron chi connectivity index (χ1n) is 7.49. The van der Waals surface area contributed by atoms with Crippen LogP contribution in [-0.4, -0.2) is 40.4 Å². The average Bonchev–Trinajstić information content (AvgIpc) is 2.50. The molecule has 0 saturated carbocycles. The normalized spacial score (nSPS) is 15.1. The van der Waals surface area contributed by atoms with Gasteiger partial charge < -0.3 is 26.0 Å². The Hall–Kier alpha value is -2.75. The molecule has 0 aliphatic rings.